The van der Waals surface area contributed by atoms with Crippen LogP contribution in [0, 0.1) is 0 Å². The van der Waals surface area contributed by atoms with E-state index in [1.165, 1.54) is 11.1 Å². The average molecular weight is 309 g/mol. The van der Waals surface area contributed by atoms with Gasteiger partial charge in [-0.15, -0.1) is 0 Å². The molecule has 0 aromatic heterocycles. The normalized spacial score (nSPS) is 27.3. The lowest BCUT2D eigenvalue weighted by Gasteiger charge is -2.27. The minimum absolute atomic E-state index is 0.152. The summed E-state index contributed by atoms with van der Waals surface area (Å²) in [6, 6.07) is 6.33. The third-order valence-electron chi connectivity index (χ3n) is 4.59. The molecule has 3 atom stereocenters. The van der Waals surface area contributed by atoms with E-state index in [0.29, 0.717) is 0 Å². The number of fused-ring (bicyclic) bond motifs is 1. The molecule has 116 valence electrons. The van der Waals surface area contributed by atoms with E-state index in [9.17, 15) is 4.21 Å². The molecule has 3 unspecified atom stereocenters. The Kier molecular flexibility index (Phi) is 4.62. The highest BCUT2D eigenvalue weighted by Gasteiger charge is 2.38. The largest absolute Gasteiger partial charge is 0.497 e. The fourth-order valence-corrected chi connectivity index (χ4v) is 5.47. The summed E-state index contributed by atoms with van der Waals surface area (Å²) in [6.45, 7) is 1.49. The van der Waals surface area contributed by atoms with Crippen molar-refractivity contribution in [1.82, 2.24) is 5.32 Å². The summed E-state index contributed by atoms with van der Waals surface area (Å²) in [7, 11) is 2.81. The van der Waals surface area contributed by atoms with Crippen LogP contribution >= 0.6 is 0 Å². The molecule has 0 amide bonds. The highest BCUT2D eigenvalue weighted by molar-refractivity contribution is 7.86. The third kappa shape index (κ3) is 2.87. The molecule has 21 heavy (non-hydrogen) atoms. The van der Waals surface area contributed by atoms with Gasteiger partial charge in [0.1, 0.15) is 5.75 Å². The van der Waals surface area contributed by atoms with Gasteiger partial charge in [-0.25, -0.2) is 0 Å². The van der Waals surface area contributed by atoms with Gasteiger partial charge in [0.05, 0.1) is 12.4 Å². The van der Waals surface area contributed by atoms with Gasteiger partial charge in [-0.1, -0.05) is 6.07 Å². The lowest BCUT2D eigenvalue weighted by Crippen LogP contribution is -2.37. The topological polar surface area (TPSA) is 47.6 Å². The molecule has 3 rings (SSSR count). The number of rotatable bonds is 4. The van der Waals surface area contributed by atoms with Crippen LogP contribution in [0.4, 0.5) is 0 Å². The van der Waals surface area contributed by atoms with E-state index >= 15 is 0 Å². The van der Waals surface area contributed by atoms with Gasteiger partial charge in [0.2, 0.25) is 0 Å². The minimum Gasteiger partial charge on any atom is -0.497 e. The van der Waals surface area contributed by atoms with E-state index in [0.717, 1.165) is 38.2 Å². The van der Waals surface area contributed by atoms with E-state index < -0.39 is 10.8 Å². The molecule has 1 saturated heterocycles. The van der Waals surface area contributed by atoms with E-state index in [4.69, 9.17) is 9.47 Å². The van der Waals surface area contributed by atoms with Crippen LogP contribution in [0.5, 0.6) is 5.75 Å². The first-order valence-corrected chi connectivity index (χ1v) is 8.83. The van der Waals surface area contributed by atoms with Crippen molar-refractivity contribution in [2.24, 2.45) is 0 Å². The van der Waals surface area contributed by atoms with Crippen LogP contribution in [0.1, 0.15) is 30.0 Å². The number of benzene rings is 1. The van der Waals surface area contributed by atoms with Crippen molar-refractivity contribution in [3.63, 3.8) is 0 Å². The molecule has 0 spiro atoms. The fraction of sp³-hybridized carbons (Fsp3) is 0.625. The number of methoxy groups -OCH3 is 1. The van der Waals surface area contributed by atoms with Gasteiger partial charge in [-0.3, -0.25) is 4.21 Å². The molecule has 1 aromatic rings. The van der Waals surface area contributed by atoms with E-state index in [-0.39, 0.29) is 16.5 Å². The zero-order valence-corrected chi connectivity index (χ0v) is 13.4. The quantitative estimate of drug-likeness (QED) is 0.921. The highest BCUT2D eigenvalue weighted by atomic mass is 32.2. The Balaban J connectivity index is 1.82. The Morgan fingerprint density at radius 3 is 2.76 bits per heavy atom. The number of nitrogens with one attached hydrogen (secondary N) is 1. The third-order valence-corrected chi connectivity index (χ3v) is 6.75. The molecular formula is C16H23NO3S. The molecule has 4 nitrogen and oxygen atoms in total. The summed E-state index contributed by atoms with van der Waals surface area (Å²) in [6.07, 6.45) is 2.72. The van der Waals surface area contributed by atoms with Gasteiger partial charge >= 0.3 is 0 Å². The second-order valence-corrected chi connectivity index (χ2v) is 7.64. The monoisotopic (exact) mass is 309 g/mol. The summed E-state index contributed by atoms with van der Waals surface area (Å²) in [5, 5.41) is 3.79. The predicted octanol–water partition coefficient (Wildman–Crippen LogP) is 1.81. The summed E-state index contributed by atoms with van der Waals surface area (Å²) in [5.41, 5.74) is 2.53. The molecule has 0 saturated carbocycles. The van der Waals surface area contributed by atoms with E-state index in [1.54, 1.807) is 7.11 Å². The van der Waals surface area contributed by atoms with Crippen LogP contribution in [0.3, 0.4) is 0 Å². The van der Waals surface area contributed by atoms with Gasteiger partial charge in [0, 0.05) is 35.3 Å². The van der Waals surface area contributed by atoms with Crippen molar-refractivity contribution in [2.45, 2.75) is 35.8 Å². The standard InChI is InChI=1S/C16H23NO3S/c1-17-16-14-10-12(19-2)4-3-11(14)9-15(16)21(18)13-5-7-20-8-6-13/h3-4,10,13,15-17H,5-9H2,1-2H3. The maximum absolute atomic E-state index is 13.0. The van der Waals surface area contributed by atoms with Gasteiger partial charge in [0.15, 0.2) is 0 Å². The fourth-order valence-electron chi connectivity index (χ4n) is 3.42. The maximum atomic E-state index is 13.0. The van der Waals surface area contributed by atoms with E-state index in [2.05, 4.69) is 17.4 Å². The van der Waals surface area contributed by atoms with Gasteiger partial charge in [0.25, 0.3) is 0 Å². The maximum Gasteiger partial charge on any atom is 0.119 e. The molecular weight excluding hydrogens is 286 g/mol. The number of ether oxygens (including phenoxy) is 2. The van der Waals surface area contributed by atoms with Crippen molar-refractivity contribution in [3.05, 3.63) is 29.3 Å². The molecule has 5 heteroatoms. The van der Waals surface area contributed by atoms with Crippen molar-refractivity contribution in [2.75, 3.05) is 27.4 Å². The molecule has 1 aliphatic carbocycles. The Hall–Kier alpha value is -0.910. The predicted molar refractivity (Wildman–Crippen MR) is 84.3 cm³/mol. The average Bonchev–Trinajstić information content (AvgIpc) is 2.92. The zero-order chi connectivity index (χ0) is 14.8. The smallest absolute Gasteiger partial charge is 0.119 e. The van der Waals surface area contributed by atoms with Gasteiger partial charge < -0.3 is 14.8 Å². The first-order chi connectivity index (χ1) is 10.2. The van der Waals surface area contributed by atoms with Gasteiger partial charge in [-0.05, 0) is 49.6 Å². The summed E-state index contributed by atoms with van der Waals surface area (Å²) < 4.78 is 23.7. The molecule has 1 aliphatic heterocycles. The van der Waals surface area contributed by atoms with Crippen LogP contribution in [0.25, 0.3) is 0 Å². The van der Waals surface area contributed by atoms with Crippen LogP contribution in [-0.2, 0) is 22.0 Å². The summed E-state index contributed by atoms with van der Waals surface area (Å²) in [4.78, 5) is 0. The minimum atomic E-state index is -0.830. The first-order valence-electron chi connectivity index (χ1n) is 7.55. The SMILES string of the molecule is CNC1c2cc(OC)ccc2CC1S(=O)C1CCOCC1. The van der Waals surface area contributed by atoms with Crippen LogP contribution in [0.2, 0.25) is 0 Å². The molecule has 0 bridgehead atoms. The molecule has 2 aliphatic rings. The first kappa shape index (κ1) is 15.0. The Morgan fingerprint density at radius 2 is 2.10 bits per heavy atom. The summed E-state index contributed by atoms with van der Waals surface area (Å²) in [5.74, 6) is 0.867. The lowest BCUT2D eigenvalue weighted by molar-refractivity contribution is 0.0990. The zero-order valence-electron chi connectivity index (χ0n) is 12.6. The van der Waals surface area contributed by atoms with Crippen molar-refractivity contribution >= 4 is 10.8 Å². The number of hydrogen-bond donors (Lipinski definition) is 1. The van der Waals surface area contributed by atoms with Crippen molar-refractivity contribution < 1.29 is 13.7 Å². The van der Waals surface area contributed by atoms with Gasteiger partial charge in [-0.2, -0.15) is 0 Å². The Morgan fingerprint density at radius 1 is 1.33 bits per heavy atom. The second kappa shape index (κ2) is 6.46. The summed E-state index contributed by atoms with van der Waals surface area (Å²) >= 11 is 0. The Labute approximate surface area is 128 Å². The molecule has 0 radical (unpaired) electrons. The Bertz CT molecular complexity index is 528. The molecule has 1 aromatic carbocycles. The molecule has 1 fully saturated rings. The second-order valence-electron chi connectivity index (χ2n) is 5.71. The highest BCUT2D eigenvalue weighted by Crippen LogP contribution is 2.38. The van der Waals surface area contributed by atoms with Crippen LogP contribution in [-0.4, -0.2) is 42.1 Å². The van der Waals surface area contributed by atoms with Crippen LogP contribution in [0.15, 0.2) is 18.2 Å². The number of hydrogen-bond acceptors (Lipinski definition) is 4. The molecule has 1 N–H and O–H groups in total. The molecule has 1 heterocycles. The van der Waals surface area contributed by atoms with Crippen molar-refractivity contribution in [3.8, 4) is 5.75 Å². The van der Waals surface area contributed by atoms with Crippen LogP contribution < -0.4 is 10.1 Å². The van der Waals surface area contributed by atoms with E-state index in [1.807, 2.05) is 13.1 Å². The lowest BCUT2D eigenvalue weighted by atomic mass is 10.1. The van der Waals surface area contributed by atoms with Crippen molar-refractivity contribution in [1.29, 1.82) is 0 Å².